The molecule has 2 rings (SSSR count). The van der Waals surface area contributed by atoms with E-state index in [9.17, 15) is 9.59 Å². The molecule has 0 aliphatic carbocycles. The highest BCUT2D eigenvalue weighted by molar-refractivity contribution is 8.00. The molecule has 0 saturated carbocycles. The van der Waals surface area contributed by atoms with E-state index in [1.54, 1.807) is 30.0 Å². The number of thioether (sulfide) groups is 1. The van der Waals surface area contributed by atoms with Crippen molar-refractivity contribution in [2.75, 3.05) is 11.9 Å². The van der Waals surface area contributed by atoms with Crippen molar-refractivity contribution in [2.45, 2.75) is 24.3 Å². The first kappa shape index (κ1) is 17.7. The van der Waals surface area contributed by atoms with Gasteiger partial charge in [-0.1, -0.05) is 23.9 Å². The molecule has 0 bridgehead atoms. The quantitative estimate of drug-likeness (QED) is 0.592. The lowest BCUT2D eigenvalue weighted by Crippen LogP contribution is -2.31. The predicted molar refractivity (Wildman–Crippen MR) is 94.2 cm³/mol. The highest BCUT2D eigenvalue weighted by atomic mass is 32.2. The molecule has 2 amide bonds. The summed E-state index contributed by atoms with van der Waals surface area (Å²) >= 11 is 1.31. The number of hydrogen-bond donors (Lipinski definition) is 2. The minimum absolute atomic E-state index is 0.0959. The summed E-state index contributed by atoms with van der Waals surface area (Å²) in [6.45, 7) is 7.25. The summed E-state index contributed by atoms with van der Waals surface area (Å²) in [5, 5.41) is 13.7. The molecule has 2 N–H and O–H groups in total. The topological polar surface area (TPSA) is 88.9 Å². The molecular weight excluding hydrogens is 326 g/mol. The van der Waals surface area contributed by atoms with E-state index in [0.717, 1.165) is 5.69 Å². The molecule has 2 aromatic rings. The number of nitrogens with one attached hydrogen (secondary N) is 2. The van der Waals surface area contributed by atoms with Crippen LogP contribution in [0, 0.1) is 0 Å². The molecule has 0 fully saturated rings. The van der Waals surface area contributed by atoms with Crippen molar-refractivity contribution < 1.29 is 9.59 Å². The van der Waals surface area contributed by atoms with Crippen LogP contribution in [0.4, 0.5) is 5.69 Å². The van der Waals surface area contributed by atoms with Crippen LogP contribution >= 0.6 is 11.8 Å². The highest BCUT2D eigenvalue weighted by Crippen LogP contribution is 2.25. The smallest absolute Gasteiger partial charge is 0.233 e. The fourth-order valence-electron chi connectivity index (χ4n) is 1.95. The fourth-order valence-corrected chi connectivity index (χ4v) is 2.81. The molecule has 1 atom stereocenters. The first-order chi connectivity index (χ1) is 11.5. The Hall–Kier alpha value is -2.61. The van der Waals surface area contributed by atoms with Crippen molar-refractivity contribution in [1.82, 2.24) is 20.1 Å². The maximum Gasteiger partial charge on any atom is 0.233 e. The van der Waals surface area contributed by atoms with Gasteiger partial charge in [0.1, 0.15) is 6.33 Å². The van der Waals surface area contributed by atoms with Crippen molar-refractivity contribution >= 4 is 29.3 Å². The van der Waals surface area contributed by atoms with E-state index in [1.165, 1.54) is 18.7 Å². The number of rotatable bonds is 7. The van der Waals surface area contributed by atoms with Gasteiger partial charge in [-0.2, -0.15) is 0 Å². The van der Waals surface area contributed by atoms with Gasteiger partial charge >= 0.3 is 0 Å². The van der Waals surface area contributed by atoms with Crippen LogP contribution in [0.1, 0.15) is 13.8 Å². The van der Waals surface area contributed by atoms with Gasteiger partial charge in [0.2, 0.25) is 11.8 Å². The Morgan fingerprint density at radius 1 is 1.46 bits per heavy atom. The monoisotopic (exact) mass is 345 g/mol. The lowest BCUT2D eigenvalue weighted by molar-refractivity contribution is -0.120. The second kappa shape index (κ2) is 8.30. The normalized spacial score (nSPS) is 11.6. The molecule has 8 heteroatoms. The molecular formula is C16H19N5O2S. The molecule has 24 heavy (non-hydrogen) atoms. The van der Waals surface area contributed by atoms with E-state index in [1.807, 2.05) is 18.2 Å². The number of aromatic nitrogens is 3. The third-order valence-electron chi connectivity index (χ3n) is 3.03. The van der Waals surface area contributed by atoms with E-state index < -0.39 is 0 Å². The Morgan fingerprint density at radius 2 is 2.25 bits per heavy atom. The van der Waals surface area contributed by atoms with Gasteiger partial charge in [-0.15, -0.1) is 16.8 Å². The number of benzene rings is 1. The summed E-state index contributed by atoms with van der Waals surface area (Å²) in [6, 6.07) is 7.32. The third-order valence-corrected chi connectivity index (χ3v) is 4.09. The summed E-state index contributed by atoms with van der Waals surface area (Å²) in [5.41, 5.74) is 1.48. The van der Waals surface area contributed by atoms with Crippen LogP contribution in [-0.2, 0) is 9.59 Å². The number of anilines is 1. The third kappa shape index (κ3) is 4.69. The zero-order valence-electron chi connectivity index (χ0n) is 13.5. The number of hydrogen-bond acceptors (Lipinski definition) is 5. The highest BCUT2D eigenvalue weighted by Gasteiger charge is 2.18. The number of amides is 2. The van der Waals surface area contributed by atoms with Gasteiger partial charge in [0.25, 0.3) is 0 Å². The Bertz CT molecular complexity index is 744. The van der Waals surface area contributed by atoms with E-state index >= 15 is 0 Å². The molecule has 0 spiro atoms. The lowest BCUT2D eigenvalue weighted by atomic mass is 10.2. The maximum atomic E-state index is 12.0. The van der Waals surface area contributed by atoms with Crippen LogP contribution in [0.5, 0.6) is 0 Å². The Balaban J connectivity index is 2.16. The van der Waals surface area contributed by atoms with Crippen molar-refractivity contribution in [3.63, 3.8) is 0 Å². The molecule has 0 aliphatic rings. The summed E-state index contributed by atoms with van der Waals surface area (Å²) in [6.07, 6.45) is 3.20. The number of nitrogens with zero attached hydrogens (tertiary/aromatic N) is 3. The fraction of sp³-hybridized carbons (Fsp3) is 0.250. The Labute approximate surface area is 144 Å². The van der Waals surface area contributed by atoms with Crippen molar-refractivity contribution in [1.29, 1.82) is 0 Å². The van der Waals surface area contributed by atoms with Crippen LogP contribution < -0.4 is 10.6 Å². The van der Waals surface area contributed by atoms with Gasteiger partial charge in [-0.3, -0.25) is 14.2 Å². The van der Waals surface area contributed by atoms with Crippen LogP contribution in [0.3, 0.4) is 0 Å². The lowest BCUT2D eigenvalue weighted by Gasteiger charge is -2.12. The van der Waals surface area contributed by atoms with Gasteiger partial charge in [-0.25, -0.2) is 0 Å². The largest absolute Gasteiger partial charge is 0.352 e. The van der Waals surface area contributed by atoms with E-state index in [4.69, 9.17) is 0 Å². The zero-order chi connectivity index (χ0) is 17.5. The second-order valence-corrected chi connectivity index (χ2v) is 6.32. The average molecular weight is 345 g/mol. The van der Waals surface area contributed by atoms with Gasteiger partial charge in [0.15, 0.2) is 5.16 Å². The van der Waals surface area contributed by atoms with Crippen LogP contribution in [-0.4, -0.2) is 38.4 Å². The summed E-state index contributed by atoms with van der Waals surface area (Å²) in [7, 11) is 0. The second-order valence-electron chi connectivity index (χ2n) is 5.01. The van der Waals surface area contributed by atoms with Crippen LogP contribution in [0.25, 0.3) is 5.69 Å². The molecule has 1 unspecified atom stereocenters. The van der Waals surface area contributed by atoms with Gasteiger partial charge in [0, 0.05) is 19.2 Å². The Morgan fingerprint density at radius 3 is 2.96 bits per heavy atom. The first-order valence-electron chi connectivity index (χ1n) is 7.34. The molecule has 7 nitrogen and oxygen atoms in total. The van der Waals surface area contributed by atoms with Crippen molar-refractivity contribution in [2.24, 2.45) is 0 Å². The van der Waals surface area contributed by atoms with E-state index in [-0.39, 0.29) is 17.1 Å². The number of carbonyl (C=O) groups excluding carboxylic acids is 2. The first-order valence-corrected chi connectivity index (χ1v) is 8.22. The van der Waals surface area contributed by atoms with Gasteiger partial charge in [0.05, 0.1) is 10.9 Å². The average Bonchev–Trinajstić information content (AvgIpc) is 3.00. The Kier molecular flexibility index (Phi) is 6.14. The van der Waals surface area contributed by atoms with Crippen molar-refractivity contribution in [3.05, 3.63) is 43.2 Å². The molecule has 0 saturated heterocycles. The van der Waals surface area contributed by atoms with Crippen LogP contribution in [0.15, 0.2) is 48.4 Å². The number of carbonyl (C=O) groups is 2. The molecule has 1 aromatic heterocycles. The van der Waals surface area contributed by atoms with E-state index in [2.05, 4.69) is 27.4 Å². The summed E-state index contributed by atoms with van der Waals surface area (Å²) in [4.78, 5) is 23.2. The minimum Gasteiger partial charge on any atom is -0.352 e. The molecule has 1 heterocycles. The summed E-state index contributed by atoms with van der Waals surface area (Å²) < 4.78 is 1.77. The predicted octanol–water partition coefficient (Wildman–Crippen LogP) is 2.01. The van der Waals surface area contributed by atoms with E-state index in [0.29, 0.717) is 17.4 Å². The standard InChI is InChI=1S/C16H19N5O2S/c1-4-8-17-15(23)11(2)24-16-20-18-10-21(16)14-7-5-6-13(9-14)19-12(3)22/h4-7,9-11H,1,8H2,2-3H3,(H,17,23)(H,19,22). The zero-order valence-corrected chi connectivity index (χ0v) is 14.3. The molecule has 126 valence electrons. The minimum atomic E-state index is -0.327. The van der Waals surface area contributed by atoms with Crippen LogP contribution in [0.2, 0.25) is 0 Å². The SMILES string of the molecule is C=CCNC(=O)C(C)Sc1nncn1-c1cccc(NC(C)=O)c1. The van der Waals surface area contributed by atoms with Crippen molar-refractivity contribution in [3.8, 4) is 5.69 Å². The molecule has 0 radical (unpaired) electrons. The molecule has 0 aliphatic heterocycles. The summed E-state index contributed by atoms with van der Waals surface area (Å²) in [5.74, 6) is -0.237. The van der Waals surface area contributed by atoms with Gasteiger partial charge < -0.3 is 10.6 Å². The maximum absolute atomic E-state index is 12.0. The molecule has 1 aromatic carbocycles. The van der Waals surface area contributed by atoms with Gasteiger partial charge in [-0.05, 0) is 25.1 Å².